The maximum atomic E-state index is 13.4. The van der Waals surface area contributed by atoms with E-state index in [4.69, 9.17) is 21.3 Å². The number of fused-ring (bicyclic) bond motifs is 2. The number of imidazole rings is 1. The van der Waals surface area contributed by atoms with E-state index in [0.29, 0.717) is 34.4 Å². The Hall–Kier alpha value is -4.28. The Balaban J connectivity index is 1.31. The third kappa shape index (κ3) is 4.62. The third-order valence-corrected chi connectivity index (χ3v) is 8.27. The van der Waals surface area contributed by atoms with Crippen molar-refractivity contribution in [1.82, 2.24) is 34.6 Å². The summed E-state index contributed by atoms with van der Waals surface area (Å²) in [5, 5.41) is 16.9. The minimum atomic E-state index is -0.0863. The first-order valence-corrected chi connectivity index (χ1v) is 14.1. The van der Waals surface area contributed by atoms with Crippen LogP contribution in [0.25, 0.3) is 33.9 Å². The van der Waals surface area contributed by atoms with Gasteiger partial charge in [0, 0.05) is 29.2 Å². The van der Waals surface area contributed by atoms with E-state index < -0.39 is 0 Å². The fourth-order valence-electron chi connectivity index (χ4n) is 6.20. The second-order valence-electron chi connectivity index (χ2n) is 10.5. The number of amides is 1. The summed E-state index contributed by atoms with van der Waals surface area (Å²) >= 11 is 6.22. The topological polar surface area (TPSA) is 122 Å². The Labute approximate surface area is 241 Å². The fourth-order valence-corrected chi connectivity index (χ4v) is 6.37. The molecule has 3 aromatic heterocycles. The van der Waals surface area contributed by atoms with Crippen molar-refractivity contribution in [3.05, 3.63) is 77.2 Å². The standard InChI is InChI=1S/C30H28ClN7O3/c31-19-9-8-18-16-37(30(40)23(18)12-19)20-4-3-5-21(13-20)38-26-14-24(28-33-17-34-36-28)32-15-25(26)35-29(38)22-6-1-2-7-27(22)41-11-10-39/h1-2,6-9,12,14-15,17,20-21,39H,3-5,10-11,13,16H2,(H,33,34,36)/t20-,21+/m0/s1. The van der Waals surface area contributed by atoms with Crippen molar-refractivity contribution in [2.45, 2.75) is 44.3 Å². The van der Waals surface area contributed by atoms with Gasteiger partial charge < -0.3 is 19.3 Å². The zero-order valence-corrected chi connectivity index (χ0v) is 23.0. The minimum Gasteiger partial charge on any atom is -0.490 e. The number of carbonyl (C=O) groups excluding carboxylic acids is 1. The van der Waals surface area contributed by atoms with E-state index in [2.05, 4.69) is 24.7 Å². The molecule has 0 radical (unpaired) electrons. The van der Waals surface area contributed by atoms with Crippen molar-refractivity contribution < 1.29 is 14.6 Å². The summed E-state index contributed by atoms with van der Waals surface area (Å²) in [7, 11) is 0. The van der Waals surface area contributed by atoms with Crippen LogP contribution in [-0.4, -0.2) is 64.9 Å². The van der Waals surface area contributed by atoms with Crippen LogP contribution in [0.5, 0.6) is 5.75 Å². The lowest BCUT2D eigenvalue weighted by Crippen LogP contribution is -2.39. The Morgan fingerprint density at radius 2 is 1.95 bits per heavy atom. The van der Waals surface area contributed by atoms with Crippen LogP contribution in [0.15, 0.2) is 61.1 Å². The highest BCUT2D eigenvalue weighted by atomic mass is 35.5. The molecule has 5 aromatic rings. The number of aromatic nitrogens is 6. The van der Waals surface area contributed by atoms with Crippen LogP contribution < -0.4 is 4.74 Å². The number of para-hydroxylation sites is 1. The van der Waals surface area contributed by atoms with Crippen LogP contribution in [0, 0.1) is 0 Å². The maximum Gasteiger partial charge on any atom is 0.254 e. The van der Waals surface area contributed by atoms with Gasteiger partial charge in [0.25, 0.3) is 5.91 Å². The molecule has 11 heteroatoms. The van der Waals surface area contributed by atoms with Crippen molar-refractivity contribution in [2.24, 2.45) is 0 Å². The molecule has 2 atom stereocenters. The third-order valence-electron chi connectivity index (χ3n) is 8.04. The molecule has 7 rings (SSSR count). The second kappa shape index (κ2) is 10.6. The van der Waals surface area contributed by atoms with Gasteiger partial charge in [-0.25, -0.2) is 9.97 Å². The van der Waals surface area contributed by atoms with Gasteiger partial charge in [-0.05, 0) is 61.6 Å². The summed E-state index contributed by atoms with van der Waals surface area (Å²) in [6, 6.07) is 15.5. The summed E-state index contributed by atoms with van der Waals surface area (Å²) in [5.74, 6) is 2.03. The molecule has 1 fully saturated rings. The highest BCUT2D eigenvalue weighted by Crippen LogP contribution is 2.41. The lowest BCUT2D eigenvalue weighted by atomic mass is 9.89. The van der Waals surface area contributed by atoms with Gasteiger partial charge >= 0.3 is 0 Å². The van der Waals surface area contributed by atoms with E-state index in [1.807, 2.05) is 47.4 Å². The van der Waals surface area contributed by atoms with Gasteiger partial charge in [-0.2, -0.15) is 5.10 Å². The quantitative estimate of drug-likeness (QED) is 0.281. The number of hydrogen-bond donors (Lipinski definition) is 2. The number of nitrogens with zero attached hydrogens (tertiary/aromatic N) is 6. The monoisotopic (exact) mass is 569 g/mol. The van der Waals surface area contributed by atoms with Crippen molar-refractivity contribution in [2.75, 3.05) is 13.2 Å². The van der Waals surface area contributed by atoms with Crippen LogP contribution in [0.2, 0.25) is 5.02 Å². The average molecular weight is 570 g/mol. The van der Waals surface area contributed by atoms with E-state index in [0.717, 1.165) is 53.7 Å². The number of nitrogens with one attached hydrogen (secondary N) is 1. The van der Waals surface area contributed by atoms with Gasteiger partial charge in [-0.15, -0.1) is 0 Å². The van der Waals surface area contributed by atoms with Crippen LogP contribution in [-0.2, 0) is 6.54 Å². The number of aliphatic hydroxyl groups excluding tert-OH is 1. The highest BCUT2D eigenvalue weighted by molar-refractivity contribution is 6.31. The number of benzene rings is 2. The van der Waals surface area contributed by atoms with Gasteiger partial charge in [0.05, 0.1) is 23.9 Å². The average Bonchev–Trinajstić information content (AvgIpc) is 3.74. The number of rotatable bonds is 7. The van der Waals surface area contributed by atoms with Gasteiger partial charge in [0.1, 0.15) is 35.7 Å². The first-order valence-electron chi connectivity index (χ1n) is 13.8. The van der Waals surface area contributed by atoms with E-state index in [1.165, 1.54) is 6.33 Å². The fraction of sp³-hybridized carbons (Fsp3) is 0.300. The van der Waals surface area contributed by atoms with Crippen molar-refractivity contribution in [3.8, 4) is 28.7 Å². The Morgan fingerprint density at radius 3 is 2.80 bits per heavy atom. The number of aliphatic hydroxyl groups is 1. The van der Waals surface area contributed by atoms with Crippen LogP contribution >= 0.6 is 11.6 Å². The van der Waals surface area contributed by atoms with E-state index in [9.17, 15) is 9.90 Å². The number of pyridine rings is 1. The molecule has 2 aliphatic rings. The molecule has 208 valence electrons. The van der Waals surface area contributed by atoms with Crippen LogP contribution in [0.4, 0.5) is 0 Å². The smallest absolute Gasteiger partial charge is 0.254 e. The molecule has 1 aliphatic heterocycles. The number of halogens is 1. The number of aromatic amines is 1. The lowest BCUT2D eigenvalue weighted by Gasteiger charge is -2.36. The summed E-state index contributed by atoms with van der Waals surface area (Å²) in [4.78, 5) is 29.4. The molecule has 2 aromatic carbocycles. The van der Waals surface area contributed by atoms with Crippen LogP contribution in [0.3, 0.4) is 0 Å². The normalized spacial score (nSPS) is 18.7. The van der Waals surface area contributed by atoms with Gasteiger partial charge in [-0.3, -0.25) is 14.9 Å². The molecule has 1 aliphatic carbocycles. The molecular weight excluding hydrogens is 542 g/mol. The summed E-state index contributed by atoms with van der Waals surface area (Å²) in [5.41, 5.74) is 4.90. The number of carbonyl (C=O) groups is 1. The lowest BCUT2D eigenvalue weighted by molar-refractivity contribution is 0.0630. The van der Waals surface area contributed by atoms with Crippen molar-refractivity contribution in [3.63, 3.8) is 0 Å². The summed E-state index contributed by atoms with van der Waals surface area (Å²) in [6.07, 6.45) is 6.85. The molecule has 1 amide bonds. The van der Waals surface area contributed by atoms with Gasteiger partial charge in [0.2, 0.25) is 0 Å². The van der Waals surface area contributed by atoms with Crippen LogP contribution in [0.1, 0.15) is 47.6 Å². The Bertz CT molecular complexity index is 1740. The first-order chi connectivity index (χ1) is 20.1. The first kappa shape index (κ1) is 25.7. The largest absolute Gasteiger partial charge is 0.490 e. The van der Waals surface area contributed by atoms with E-state index in [1.54, 1.807) is 12.3 Å². The zero-order valence-electron chi connectivity index (χ0n) is 22.2. The van der Waals surface area contributed by atoms with Crippen molar-refractivity contribution >= 4 is 28.5 Å². The molecule has 0 unspecified atom stereocenters. The molecule has 0 bridgehead atoms. The van der Waals surface area contributed by atoms with E-state index in [-0.39, 0.29) is 31.2 Å². The molecule has 4 heterocycles. The molecule has 2 N–H and O–H groups in total. The SMILES string of the molecule is O=C1c2cc(Cl)ccc2CN1[C@H]1CCC[C@@H](n2c(-c3ccccc3OCCO)nc3cnc(-c4ncn[nH]4)cc32)C1. The second-order valence-corrected chi connectivity index (χ2v) is 10.9. The minimum absolute atomic E-state index is 0.0448. The summed E-state index contributed by atoms with van der Waals surface area (Å²) in [6.45, 7) is 0.691. The van der Waals surface area contributed by atoms with Crippen molar-refractivity contribution in [1.29, 1.82) is 0 Å². The number of hydrogen-bond acceptors (Lipinski definition) is 7. The highest BCUT2D eigenvalue weighted by Gasteiger charge is 2.37. The number of H-pyrrole nitrogens is 1. The maximum absolute atomic E-state index is 13.4. The Kier molecular flexibility index (Phi) is 6.64. The molecule has 41 heavy (non-hydrogen) atoms. The van der Waals surface area contributed by atoms with Gasteiger partial charge in [-0.1, -0.05) is 29.8 Å². The molecule has 0 spiro atoms. The Morgan fingerprint density at radius 1 is 1.07 bits per heavy atom. The van der Waals surface area contributed by atoms with E-state index >= 15 is 0 Å². The van der Waals surface area contributed by atoms with Gasteiger partial charge in [0.15, 0.2) is 5.82 Å². The molecule has 10 nitrogen and oxygen atoms in total. The molecule has 0 saturated heterocycles. The number of ether oxygens (including phenoxy) is 1. The summed E-state index contributed by atoms with van der Waals surface area (Å²) < 4.78 is 8.19. The zero-order chi connectivity index (χ0) is 27.9. The molecule has 1 saturated carbocycles. The molecular formula is C30H28ClN7O3. The predicted molar refractivity (Wildman–Crippen MR) is 154 cm³/mol. The predicted octanol–water partition coefficient (Wildman–Crippen LogP) is 5.05.